The Hall–Kier alpha value is -2.08. The van der Waals surface area contributed by atoms with Crippen molar-refractivity contribution in [1.29, 1.82) is 0 Å². The van der Waals surface area contributed by atoms with Gasteiger partial charge in [0.25, 0.3) is 0 Å². The van der Waals surface area contributed by atoms with Crippen molar-refractivity contribution >= 4 is 10.8 Å². The molecule has 0 aliphatic rings. The standard InChI is InChI=1S/C21H25N.C3H9N/c1-21(2,3)15-8-5-9-16-22(4)17-19-13-10-12-18-11-6-7-14-20(18)19;1-2-3-4/h5-7,9-14H,16-17H2,1-4H3;2-4H2,1H3/b9-5+;. The summed E-state index contributed by atoms with van der Waals surface area (Å²) in [5.41, 5.74) is 6.47. The van der Waals surface area contributed by atoms with E-state index in [-0.39, 0.29) is 5.41 Å². The van der Waals surface area contributed by atoms with Crippen LogP contribution >= 0.6 is 0 Å². The molecule has 2 N–H and O–H groups in total. The second kappa shape index (κ2) is 11.5. The maximum Gasteiger partial charge on any atom is 0.0240 e. The SMILES string of the molecule is CCCN.CN(C/C=C/C#CC(C)(C)C)Cc1cccc2ccccc12. The zero-order valence-electron chi connectivity index (χ0n) is 17.0. The Morgan fingerprint density at radius 2 is 1.73 bits per heavy atom. The zero-order chi connectivity index (χ0) is 19.4. The number of likely N-dealkylation sites (N-methyl/N-ethyl adjacent to an activating group) is 1. The topological polar surface area (TPSA) is 29.3 Å². The molecule has 140 valence electrons. The van der Waals surface area contributed by atoms with Crippen molar-refractivity contribution in [3.63, 3.8) is 0 Å². The predicted molar refractivity (Wildman–Crippen MR) is 116 cm³/mol. The summed E-state index contributed by atoms with van der Waals surface area (Å²) in [5, 5.41) is 2.65. The molecule has 0 heterocycles. The lowest BCUT2D eigenvalue weighted by molar-refractivity contribution is 0.365. The number of nitrogens with zero attached hydrogens (tertiary/aromatic N) is 1. The van der Waals surface area contributed by atoms with E-state index in [0.717, 1.165) is 26.1 Å². The Kier molecular flexibility index (Phi) is 9.73. The zero-order valence-corrected chi connectivity index (χ0v) is 17.0. The smallest absolute Gasteiger partial charge is 0.0240 e. The minimum Gasteiger partial charge on any atom is -0.330 e. The van der Waals surface area contributed by atoms with Crippen LogP contribution in [0.2, 0.25) is 0 Å². The van der Waals surface area contributed by atoms with Crippen molar-refractivity contribution in [3.8, 4) is 11.8 Å². The molecule has 0 radical (unpaired) electrons. The Balaban J connectivity index is 0.000000765. The summed E-state index contributed by atoms with van der Waals surface area (Å²) in [6, 6.07) is 15.1. The molecule has 2 aromatic rings. The predicted octanol–water partition coefficient (Wildman–Crippen LogP) is 5.23. The molecule has 2 rings (SSSR count). The third kappa shape index (κ3) is 8.85. The van der Waals surface area contributed by atoms with Gasteiger partial charge in [-0.1, -0.05) is 67.3 Å². The largest absolute Gasteiger partial charge is 0.330 e. The van der Waals surface area contributed by atoms with Gasteiger partial charge in [-0.15, -0.1) is 0 Å². The third-order valence-electron chi connectivity index (χ3n) is 3.67. The van der Waals surface area contributed by atoms with Crippen LogP contribution < -0.4 is 5.73 Å². The van der Waals surface area contributed by atoms with Gasteiger partial charge in [0.05, 0.1) is 0 Å². The van der Waals surface area contributed by atoms with Gasteiger partial charge in [0.2, 0.25) is 0 Å². The molecule has 0 saturated heterocycles. The Bertz CT molecular complexity index is 735. The van der Waals surface area contributed by atoms with Gasteiger partial charge < -0.3 is 5.73 Å². The summed E-state index contributed by atoms with van der Waals surface area (Å²) in [6.07, 6.45) is 5.19. The molecular weight excluding hydrogens is 316 g/mol. The lowest BCUT2D eigenvalue weighted by Gasteiger charge is -2.15. The van der Waals surface area contributed by atoms with Gasteiger partial charge in [0.1, 0.15) is 0 Å². The van der Waals surface area contributed by atoms with Crippen LogP contribution in [0.1, 0.15) is 39.7 Å². The van der Waals surface area contributed by atoms with E-state index in [1.165, 1.54) is 16.3 Å². The monoisotopic (exact) mass is 350 g/mol. The molecule has 2 heteroatoms. The van der Waals surface area contributed by atoms with E-state index in [1.807, 2.05) is 6.08 Å². The van der Waals surface area contributed by atoms with Crippen LogP contribution in [-0.4, -0.2) is 25.0 Å². The van der Waals surface area contributed by atoms with Gasteiger partial charge in [-0.3, -0.25) is 4.90 Å². The number of hydrogen-bond acceptors (Lipinski definition) is 2. The molecule has 2 nitrogen and oxygen atoms in total. The number of benzene rings is 2. The molecule has 0 atom stereocenters. The fraction of sp³-hybridized carbons (Fsp3) is 0.417. The van der Waals surface area contributed by atoms with Crippen molar-refractivity contribution < 1.29 is 0 Å². The van der Waals surface area contributed by atoms with Gasteiger partial charge in [0.15, 0.2) is 0 Å². The lowest BCUT2D eigenvalue weighted by Crippen LogP contribution is -2.17. The van der Waals surface area contributed by atoms with E-state index in [4.69, 9.17) is 5.73 Å². The average Bonchev–Trinajstić information content (AvgIpc) is 2.61. The summed E-state index contributed by atoms with van der Waals surface area (Å²) < 4.78 is 0. The maximum atomic E-state index is 5.03. The first-order chi connectivity index (χ1) is 12.4. The minimum absolute atomic E-state index is 0.0686. The van der Waals surface area contributed by atoms with Gasteiger partial charge in [-0.2, -0.15) is 0 Å². The first-order valence-electron chi connectivity index (χ1n) is 9.40. The van der Waals surface area contributed by atoms with E-state index < -0.39 is 0 Å². The molecule has 2 aromatic carbocycles. The average molecular weight is 351 g/mol. The molecule has 0 aromatic heterocycles. The van der Waals surface area contributed by atoms with Crippen LogP contribution in [-0.2, 0) is 6.54 Å². The van der Waals surface area contributed by atoms with Gasteiger partial charge in [0, 0.05) is 18.5 Å². The number of hydrogen-bond donors (Lipinski definition) is 1. The highest BCUT2D eigenvalue weighted by Gasteiger charge is 2.03. The van der Waals surface area contributed by atoms with E-state index >= 15 is 0 Å². The Labute approximate surface area is 160 Å². The van der Waals surface area contributed by atoms with Crippen molar-refractivity contribution in [2.24, 2.45) is 11.1 Å². The van der Waals surface area contributed by atoms with Crippen molar-refractivity contribution in [3.05, 3.63) is 60.2 Å². The molecule has 0 fully saturated rings. The van der Waals surface area contributed by atoms with E-state index in [0.29, 0.717) is 0 Å². The highest BCUT2D eigenvalue weighted by atomic mass is 15.1. The maximum absolute atomic E-state index is 5.03. The number of fused-ring (bicyclic) bond motifs is 1. The fourth-order valence-electron chi connectivity index (χ4n) is 2.34. The van der Waals surface area contributed by atoms with Crippen LogP contribution in [0.3, 0.4) is 0 Å². The van der Waals surface area contributed by atoms with Gasteiger partial charge in [-0.25, -0.2) is 0 Å². The molecular formula is C24H34N2. The summed E-state index contributed by atoms with van der Waals surface area (Å²) in [6.45, 7) is 11.1. The fourth-order valence-corrected chi connectivity index (χ4v) is 2.34. The number of rotatable bonds is 5. The third-order valence-corrected chi connectivity index (χ3v) is 3.67. The summed E-state index contributed by atoms with van der Waals surface area (Å²) in [5.74, 6) is 6.33. The normalized spacial score (nSPS) is 11.2. The van der Waals surface area contributed by atoms with Crippen molar-refractivity contribution in [2.45, 2.75) is 40.7 Å². The highest BCUT2D eigenvalue weighted by Crippen LogP contribution is 2.19. The molecule has 0 saturated carbocycles. The molecule has 0 aliphatic heterocycles. The van der Waals surface area contributed by atoms with Crippen LogP contribution in [0.25, 0.3) is 10.8 Å². The van der Waals surface area contributed by atoms with E-state index in [9.17, 15) is 0 Å². The highest BCUT2D eigenvalue weighted by molar-refractivity contribution is 5.85. The Morgan fingerprint density at radius 1 is 1.08 bits per heavy atom. The Morgan fingerprint density at radius 3 is 2.38 bits per heavy atom. The molecule has 26 heavy (non-hydrogen) atoms. The van der Waals surface area contributed by atoms with Crippen molar-refractivity contribution in [1.82, 2.24) is 4.90 Å². The molecule has 0 amide bonds. The van der Waals surface area contributed by atoms with Crippen LogP contribution in [0.15, 0.2) is 54.6 Å². The quantitative estimate of drug-likeness (QED) is 0.748. The molecule has 0 unspecified atom stereocenters. The summed E-state index contributed by atoms with van der Waals surface area (Å²) in [7, 11) is 2.14. The molecule has 0 aliphatic carbocycles. The van der Waals surface area contributed by atoms with Crippen LogP contribution in [0, 0.1) is 17.3 Å². The summed E-state index contributed by atoms with van der Waals surface area (Å²) >= 11 is 0. The number of allylic oxidation sites excluding steroid dienone is 1. The summed E-state index contributed by atoms with van der Waals surface area (Å²) in [4.78, 5) is 2.30. The van der Waals surface area contributed by atoms with E-state index in [1.54, 1.807) is 0 Å². The first-order valence-corrected chi connectivity index (χ1v) is 9.40. The second-order valence-corrected chi connectivity index (χ2v) is 7.55. The molecule has 0 bridgehead atoms. The second-order valence-electron chi connectivity index (χ2n) is 7.55. The molecule has 0 spiro atoms. The van der Waals surface area contributed by atoms with Crippen molar-refractivity contribution in [2.75, 3.05) is 20.1 Å². The van der Waals surface area contributed by atoms with E-state index in [2.05, 4.69) is 100 Å². The van der Waals surface area contributed by atoms with Gasteiger partial charge in [-0.05, 0) is 63.2 Å². The number of nitrogens with two attached hydrogens (primary N) is 1. The lowest BCUT2D eigenvalue weighted by atomic mass is 9.98. The van der Waals surface area contributed by atoms with Crippen LogP contribution in [0.4, 0.5) is 0 Å². The van der Waals surface area contributed by atoms with Gasteiger partial charge >= 0.3 is 0 Å². The minimum atomic E-state index is 0.0686. The first kappa shape index (κ1) is 22.0. The van der Waals surface area contributed by atoms with Crippen LogP contribution in [0.5, 0.6) is 0 Å².